The number of carbonyl (C=O) groups excluding carboxylic acids is 2. The van der Waals surface area contributed by atoms with Gasteiger partial charge in [0, 0.05) is 19.1 Å². The fourth-order valence-corrected chi connectivity index (χ4v) is 4.01. The zero-order valence-electron chi connectivity index (χ0n) is 14.0. The van der Waals surface area contributed by atoms with Crippen LogP contribution in [0.25, 0.3) is 0 Å². The van der Waals surface area contributed by atoms with Crippen LogP contribution in [-0.4, -0.2) is 52.6 Å². The van der Waals surface area contributed by atoms with Crippen LogP contribution in [0.1, 0.15) is 59.3 Å². The number of fused-ring (bicyclic) bond motifs is 1. The first-order chi connectivity index (χ1) is 10.4. The molecule has 2 amide bonds. The average molecular weight is 308 g/mol. The molecular formula is C17H28N2O3. The van der Waals surface area contributed by atoms with Gasteiger partial charge in [0.2, 0.25) is 5.91 Å². The minimum Gasteiger partial charge on any atom is -0.444 e. The van der Waals surface area contributed by atoms with Gasteiger partial charge in [0.1, 0.15) is 11.6 Å². The van der Waals surface area contributed by atoms with Gasteiger partial charge in [0.25, 0.3) is 0 Å². The van der Waals surface area contributed by atoms with Crippen LogP contribution in [-0.2, 0) is 9.53 Å². The second kappa shape index (κ2) is 5.74. The van der Waals surface area contributed by atoms with E-state index in [2.05, 4.69) is 0 Å². The Morgan fingerprint density at radius 3 is 2.32 bits per heavy atom. The first-order valence-corrected chi connectivity index (χ1v) is 8.67. The second-order valence-electron chi connectivity index (χ2n) is 7.93. The maximum atomic E-state index is 12.7. The zero-order chi connectivity index (χ0) is 15.9. The van der Waals surface area contributed by atoms with E-state index in [9.17, 15) is 9.59 Å². The van der Waals surface area contributed by atoms with Gasteiger partial charge < -0.3 is 9.64 Å². The van der Waals surface area contributed by atoms with E-state index >= 15 is 0 Å². The van der Waals surface area contributed by atoms with Crippen molar-refractivity contribution >= 4 is 12.0 Å². The molecule has 3 fully saturated rings. The number of amides is 2. The van der Waals surface area contributed by atoms with E-state index in [0.29, 0.717) is 5.92 Å². The predicted octanol–water partition coefficient (Wildman–Crippen LogP) is 2.79. The summed E-state index contributed by atoms with van der Waals surface area (Å²) in [5.74, 6) is 0.600. The van der Waals surface area contributed by atoms with E-state index in [1.54, 1.807) is 4.90 Å². The Morgan fingerprint density at radius 2 is 1.73 bits per heavy atom. The molecule has 3 atom stereocenters. The van der Waals surface area contributed by atoms with E-state index in [0.717, 1.165) is 45.2 Å². The molecule has 2 aliphatic heterocycles. The van der Waals surface area contributed by atoms with Crippen LogP contribution in [0.3, 0.4) is 0 Å². The molecule has 124 valence electrons. The van der Waals surface area contributed by atoms with Crippen molar-refractivity contribution in [2.24, 2.45) is 5.92 Å². The largest absolute Gasteiger partial charge is 0.444 e. The molecule has 5 nitrogen and oxygen atoms in total. The molecule has 1 aliphatic carbocycles. The van der Waals surface area contributed by atoms with Crippen LogP contribution in [0, 0.1) is 5.92 Å². The van der Waals surface area contributed by atoms with Gasteiger partial charge in [0.15, 0.2) is 0 Å². The molecule has 0 aromatic carbocycles. The zero-order valence-corrected chi connectivity index (χ0v) is 14.0. The third kappa shape index (κ3) is 2.95. The van der Waals surface area contributed by atoms with Crippen molar-refractivity contribution in [2.75, 3.05) is 13.1 Å². The van der Waals surface area contributed by atoms with E-state index < -0.39 is 5.60 Å². The third-order valence-electron chi connectivity index (χ3n) is 5.15. The molecule has 0 N–H and O–H groups in total. The summed E-state index contributed by atoms with van der Waals surface area (Å²) < 4.78 is 5.60. The Kier molecular flexibility index (Phi) is 4.08. The maximum absolute atomic E-state index is 12.7. The lowest BCUT2D eigenvalue weighted by Crippen LogP contribution is -2.54. The molecule has 0 aromatic heterocycles. The van der Waals surface area contributed by atoms with Crippen molar-refractivity contribution in [3.63, 3.8) is 0 Å². The monoisotopic (exact) mass is 308 g/mol. The van der Waals surface area contributed by atoms with Crippen molar-refractivity contribution in [3.8, 4) is 0 Å². The van der Waals surface area contributed by atoms with Gasteiger partial charge >= 0.3 is 6.09 Å². The number of hydrogen-bond donors (Lipinski definition) is 0. The Hall–Kier alpha value is -1.26. The van der Waals surface area contributed by atoms with Gasteiger partial charge in [-0.15, -0.1) is 0 Å². The number of likely N-dealkylation sites (tertiary alicyclic amines) is 2. The first kappa shape index (κ1) is 15.6. The Labute approximate surface area is 133 Å². The van der Waals surface area contributed by atoms with Crippen molar-refractivity contribution in [1.29, 1.82) is 0 Å². The fraction of sp³-hybridized carbons (Fsp3) is 0.882. The molecule has 0 radical (unpaired) electrons. The first-order valence-electron chi connectivity index (χ1n) is 8.67. The summed E-state index contributed by atoms with van der Waals surface area (Å²) in [6, 6.07) is -0.109. The molecular weight excluding hydrogens is 280 g/mol. The number of ether oxygens (including phenoxy) is 1. The summed E-state index contributed by atoms with van der Waals surface area (Å²) in [6.45, 7) is 7.32. The lowest BCUT2D eigenvalue weighted by atomic mass is 9.84. The highest BCUT2D eigenvalue weighted by Gasteiger charge is 2.50. The number of carbonyl (C=O) groups is 2. The Bertz CT molecular complexity index is 453. The maximum Gasteiger partial charge on any atom is 0.411 e. The number of hydrogen-bond acceptors (Lipinski definition) is 3. The molecule has 22 heavy (non-hydrogen) atoms. The Balaban J connectivity index is 1.79. The van der Waals surface area contributed by atoms with E-state index in [4.69, 9.17) is 4.74 Å². The van der Waals surface area contributed by atoms with Crippen LogP contribution in [0.2, 0.25) is 0 Å². The molecule has 0 bridgehead atoms. The average Bonchev–Trinajstić information content (AvgIpc) is 2.73. The van der Waals surface area contributed by atoms with Crippen LogP contribution in [0.5, 0.6) is 0 Å². The molecule has 0 unspecified atom stereocenters. The molecule has 1 saturated carbocycles. The van der Waals surface area contributed by atoms with Crippen molar-refractivity contribution in [1.82, 2.24) is 9.80 Å². The van der Waals surface area contributed by atoms with Crippen molar-refractivity contribution in [2.45, 2.75) is 77.0 Å². The lowest BCUT2D eigenvalue weighted by molar-refractivity contribution is -0.139. The standard InChI is InChI=1S/C17H28N2O3/c1-17(2,3)22-16(21)19-13-8-5-4-7-12(13)11-14(19)15(20)18-9-6-10-18/h12-14H,4-11H2,1-3H3/t12-,13-,14+/m0/s1. The summed E-state index contributed by atoms with van der Waals surface area (Å²) in [6.07, 6.45) is 6.10. The fourth-order valence-electron chi connectivity index (χ4n) is 4.01. The minimum atomic E-state index is -0.520. The molecule has 2 saturated heterocycles. The summed E-state index contributed by atoms with van der Waals surface area (Å²) >= 11 is 0. The van der Waals surface area contributed by atoms with Crippen molar-refractivity contribution < 1.29 is 14.3 Å². The summed E-state index contributed by atoms with van der Waals surface area (Å²) in [7, 11) is 0. The molecule has 3 aliphatic rings. The van der Waals surface area contributed by atoms with Crippen LogP contribution in [0.4, 0.5) is 4.79 Å². The molecule has 0 aromatic rings. The van der Waals surface area contributed by atoms with Crippen molar-refractivity contribution in [3.05, 3.63) is 0 Å². The highest BCUT2D eigenvalue weighted by Crippen LogP contribution is 2.41. The molecule has 2 heterocycles. The molecule has 0 spiro atoms. The third-order valence-corrected chi connectivity index (χ3v) is 5.15. The minimum absolute atomic E-state index is 0.131. The summed E-state index contributed by atoms with van der Waals surface area (Å²) in [4.78, 5) is 29.1. The summed E-state index contributed by atoms with van der Waals surface area (Å²) in [5.41, 5.74) is -0.520. The molecule has 5 heteroatoms. The number of rotatable bonds is 1. The summed E-state index contributed by atoms with van der Waals surface area (Å²) in [5, 5.41) is 0. The Morgan fingerprint density at radius 1 is 1.05 bits per heavy atom. The van der Waals surface area contributed by atoms with E-state index in [-0.39, 0.29) is 24.1 Å². The van der Waals surface area contributed by atoms with Gasteiger partial charge in [-0.2, -0.15) is 0 Å². The highest BCUT2D eigenvalue weighted by atomic mass is 16.6. The van der Waals surface area contributed by atoms with Gasteiger partial charge in [-0.25, -0.2) is 4.79 Å². The number of nitrogens with zero attached hydrogens (tertiary/aromatic N) is 2. The molecule has 3 rings (SSSR count). The predicted molar refractivity (Wildman–Crippen MR) is 83.4 cm³/mol. The van der Waals surface area contributed by atoms with Gasteiger partial charge in [-0.05, 0) is 52.4 Å². The van der Waals surface area contributed by atoms with E-state index in [1.165, 1.54) is 6.42 Å². The van der Waals surface area contributed by atoms with Crippen LogP contribution >= 0.6 is 0 Å². The topological polar surface area (TPSA) is 49.9 Å². The van der Waals surface area contributed by atoms with Gasteiger partial charge in [0.05, 0.1) is 0 Å². The lowest BCUT2D eigenvalue weighted by Gasteiger charge is -2.38. The highest BCUT2D eigenvalue weighted by molar-refractivity contribution is 5.87. The van der Waals surface area contributed by atoms with Crippen LogP contribution < -0.4 is 0 Å². The van der Waals surface area contributed by atoms with E-state index in [1.807, 2.05) is 25.7 Å². The van der Waals surface area contributed by atoms with Gasteiger partial charge in [-0.1, -0.05) is 12.8 Å². The SMILES string of the molecule is CC(C)(C)OC(=O)N1[C@@H](C(=O)N2CCC2)C[C@@H]2CCCC[C@@H]21. The second-order valence-corrected chi connectivity index (χ2v) is 7.93. The van der Waals surface area contributed by atoms with Crippen LogP contribution in [0.15, 0.2) is 0 Å². The van der Waals surface area contributed by atoms with Gasteiger partial charge in [-0.3, -0.25) is 9.69 Å². The normalized spacial score (nSPS) is 31.5. The quantitative estimate of drug-likeness (QED) is 0.748. The smallest absolute Gasteiger partial charge is 0.411 e.